The summed E-state index contributed by atoms with van der Waals surface area (Å²) >= 11 is 5.39. The highest BCUT2D eigenvalue weighted by atomic mass is 127. The summed E-state index contributed by atoms with van der Waals surface area (Å²) in [6, 6.07) is 10.2. The lowest BCUT2D eigenvalue weighted by molar-refractivity contribution is 0.0698. The van der Waals surface area contributed by atoms with Gasteiger partial charge in [0.2, 0.25) is 0 Å². The predicted octanol–water partition coefficient (Wildman–Crippen LogP) is 4.31. The Morgan fingerprint density at radius 1 is 1.19 bits per heavy atom. The third-order valence-corrected chi connectivity index (χ3v) is 4.35. The molecule has 0 heterocycles. The van der Waals surface area contributed by atoms with E-state index in [-0.39, 0.29) is 11.5 Å². The van der Waals surface area contributed by atoms with Crippen molar-refractivity contribution in [3.8, 4) is 0 Å². The SMILES string of the molecule is Cc1cccc(C(=O)O)c1NC(=O)c1cc(Br)ccc1I. The molecule has 1 amide bonds. The summed E-state index contributed by atoms with van der Waals surface area (Å²) < 4.78 is 1.58. The van der Waals surface area contributed by atoms with Gasteiger partial charge in [-0.3, -0.25) is 4.79 Å². The second kappa shape index (κ2) is 6.57. The Bertz CT molecular complexity index is 731. The maximum Gasteiger partial charge on any atom is 0.337 e. The van der Waals surface area contributed by atoms with Gasteiger partial charge in [0.25, 0.3) is 5.91 Å². The van der Waals surface area contributed by atoms with Crippen molar-refractivity contribution in [2.24, 2.45) is 0 Å². The lowest BCUT2D eigenvalue weighted by Gasteiger charge is -2.12. The minimum absolute atomic E-state index is 0.0772. The number of carboxylic acids is 1. The van der Waals surface area contributed by atoms with Gasteiger partial charge in [0, 0.05) is 8.04 Å². The van der Waals surface area contributed by atoms with Crippen LogP contribution in [-0.2, 0) is 0 Å². The van der Waals surface area contributed by atoms with Crippen molar-refractivity contribution >= 4 is 56.1 Å². The van der Waals surface area contributed by atoms with Crippen molar-refractivity contribution in [1.82, 2.24) is 0 Å². The first-order chi connectivity index (χ1) is 9.90. The average molecular weight is 460 g/mol. The second-order valence-electron chi connectivity index (χ2n) is 4.38. The van der Waals surface area contributed by atoms with E-state index in [9.17, 15) is 14.7 Å². The van der Waals surface area contributed by atoms with Crippen LogP contribution in [0.3, 0.4) is 0 Å². The number of hydrogen-bond acceptors (Lipinski definition) is 2. The molecule has 0 unspecified atom stereocenters. The van der Waals surface area contributed by atoms with Crippen LogP contribution in [0.5, 0.6) is 0 Å². The van der Waals surface area contributed by atoms with Crippen molar-refractivity contribution in [2.45, 2.75) is 6.92 Å². The Kier molecular flexibility index (Phi) is 5.00. The topological polar surface area (TPSA) is 66.4 Å². The maximum atomic E-state index is 12.4. The van der Waals surface area contributed by atoms with Crippen LogP contribution in [0.2, 0.25) is 0 Å². The largest absolute Gasteiger partial charge is 0.478 e. The number of carbonyl (C=O) groups is 2. The summed E-state index contributed by atoms with van der Waals surface area (Å²) in [4.78, 5) is 23.6. The number of para-hydroxylation sites is 1. The van der Waals surface area contributed by atoms with Gasteiger partial charge in [-0.25, -0.2) is 4.79 Å². The molecule has 0 aromatic heterocycles. The van der Waals surface area contributed by atoms with Gasteiger partial charge in [-0.05, 0) is 59.3 Å². The predicted molar refractivity (Wildman–Crippen MR) is 93.0 cm³/mol. The van der Waals surface area contributed by atoms with E-state index in [0.29, 0.717) is 16.8 Å². The van der Waals surface area contributed by atoms with Gasteiger partial charge in [0.1, 0.15) is 0 Å². The van der Waals surface area contributed by atoms with Crippen LogP contribution in [0.4, 0.5) is 5.69 Å². The lowest BCUT2D eigenvalue weighted by Crippen LogP contribution is -2.17. The zero-order valence-electron chi connectivity index (χ0n) is 11.0. The molecule has 0 spiro atoms. The molecule has 0 saturated carbocycles. The van der Waals surface area contributed by atoms with Crippen LogP contribution in [0, 0.1) is 10.5 Å². The van der Waals surface area contributed by atoms with Crippen molar-refractivity contribution in [3.63, 3.8) is 0 Å². The fourth-order valence-corrected chi connectivity index (χ4v) is 2.81. The fourth-order valence-electron chi connectivity index (χ4n) is 1.86. The summed E-state index contributed by atoms with van der Waals surface area (Å²) in [5.74, 6) is -1.41. The molecule has 0 aliphatic carbocycles. The number of hydrogen-bond donors (Lipinski definition) is 2. The first kappa shape index (κ1) is 16.0. The second-order valence-corrected chi connectivity index (χ2v) is 6.46. The standard InChI is InChI=1S/C15H11BrINO3/c1-8-3-2-4-10(15(20)21)13(8)18-14(19)11-7-9(16)5-6-12(11)17/h2-7H,1H3,(H,18,19)(H,20,21). The Balaban J connectivity index is 2.41. The Morgan fingerprint density at radius 3 is 2.57 bits per heavy atom. The van der Waals surface area contributed by atoms with Crippen molar-refractivity contribution in [3.05, 3.63) is 61.1 Å². The van der Waals surface area contributed by atoms with E-state index >= 15 is 0 Å². The molecular weight excluding hydrogens is 449 g/mol. The maximum absolute atomic E-state index is 12.4. The third-order valence-electron chi connectivity index (χ3n) is 2.91. The highest BCUT2D eigenvalue weighted by Crippen LogP contribution is 2.24. The van der Waals surface area contributed by atoms with Gasteiger partial charge in [-0.15, -0.1) is 0 Å². The van der Waals surface area contributed by atoms with E-state index in [2.05, 4.69) is 43.8 Å². The average Bonchev–Trinajstić information content (AvgIpc) is 2.43. The molecule has 21 heavy (non-hydrogen) atoms. The van der Waals surface area contributed by atoms with Crippen molar-refractivity contribution in [2.75, 3.05) is 5.32 Å². The number of amides is 1. The lowest BCUT2D eigenvalue weighted by atomic mass is 10.1. The summed E-state index contributed by atoms with van der Waals surface area (Å²) in [5.41, 5.74) is 1.59. The number of benzene rings is 2. The molecule has 0 fully saturated rings. The molecule has 2 rings (SSSR count). The van der Waals surface area contributed by atoms with E-state index in [4.69, 9.17) is 0 Å². The van der Waals surface area contributed by atoms with Crippen LogP contribution >= 0.6 is 38.5 Å². The van der Waals surface area contributed by atoms with Gasteiger partial charge in [-0.1, -0.05) is 28.1 Å². The molecule has 0 radical (unpaired) electrons. The number of aryl methyl sites for hydroxylation is 1. The summed E-state index contributed by atoms with van der Waals surface area (Å²) in [6.07, 6.45) is 0. The molecular formula is C15H11BrINO3. The molecule has 2 aromatic carbocycles. The van der Waals surface area contributed by atoms with Gasteiger partial charge in [-0.2, -0.15) is 0 Å². The van der Waals surface area contributed by atoms with E-state index < -0.39 is 5.97 Å². The van der Waals surface area contributed by atoms with Crippen molar-refractivity contribution in [1.29, 1.82) is 0 Å². The van der Waals surface area contributed by atoms with Crippen LogP contribution in [0.25, 0.3) is 0 Å². The minimum atomic E-state index is -1.07. The van der Waals surface area contributed by atoms with Crippen molar-refractivity contribution < 1.29 is 14.7 Å². The van der Waals surface area contributed by atoms with Crippen LogP contribution in [0.1, 0.15) is 26.3 Å². The number of carboxylic acid groups (broad SMARTS) is 1. The molecule has 0 aliphatic heterocycles. The number of carbonyl (C=O) groups excluding carboxylic acids is 1. The fraction of sp³-hybridized carbons (Fsp3) is 0.0667. The van der Waals surface area contributed by atoms with Crippen LogP contribution < -0.4 is 5.32 Å². The molecule has 108 valence electrons. The molecule has 2 N–H and O–H groups in total. The molecule has 0 bridgehead atoms. The summed E-state index contributed by atoms with van der Waals surface area (Å²) in [7, 11) is 0. The molecule has 2 aromatic rings. The van der Waals surface area contributed by atoms with Gasteiger partial charge >= 0.3 is 5.97 Å². The molecule has 0 saturated heterocycles. The summed E-state index contributed by atoms with van der Waals surface area (Å²) in [5, 5.41) is 11.9. The van der Waals surface area contributed by atoms with Gasteiger partial charge < -0.3 is 10.4 Å². The molecule has 4 nitrogen and oxygen atoms in total. The van der Waals surface area contributed by atoms with E-state index in [1.165, 1.54) is 6.07 Å². The Hall–Kier alpha value is -1.41. The first-order valence-electron chi connectivity index (χ1n) is 5.99. The Labute approximate surface area is 143 Å². The van der Waals surface area contributed by atoms with E-state index in [0.717, 1.165) is 8.04 Å². The first-order valence-corrected chi connectivity index (χ1v) is 7.86. The zero-order valence-corrected chi connectivity index (χ0v) is 14.7. The van der Waals surface area contributed by atoms with Crippen LogP contribution in [-0.4, -0.2) is 17.0 Å². The smallest absolute Gasteiger partial charge is 0.337 e. The molecule has 0 atom stereocenters. The number of anilines is 1. The van der Waals surface area contributed by atoms with E-state index in [1.54, 1.807) is 25.1 Å². The normalized spacial score (nSPS) is 10.2. The number of rotatable bonds is 3. The number of aromatic carboxylic acids is 1. The molecule has 6 heteroatoms. The van der Waals surface area contributed by atoms with Gasteiger partial charge in [0.05, 0.1) is 16.8 Å². The number of halogens is 2. The highest BCUT2D eigenvalue weighted by Gasteiger charge is 2.17. The number of nitrogens with one attached hydrogen (secondary N) is 1. The molecule has 0 aliphatic rings. The zero-order chi connectivity index (χ0) is 15.6. The third kappa shape index (κ3) is 3.62. The highest BCUT2D eigenvalue weighted by molar-refractivity contribution is 14.1. The van der Waals surface area contributed by atoms with Gasteiger partial charge in [0.15, 0.2) is 0 Å². The van der Waals surface area contributed by atoms with E-state index in [1.807, 2.05) is 12.1 Å². The monoisotopic (exact) mass is 459 g/mol. The quantitative estimate of drug-likeness (QED) is 0.672. The minimum Gasteiger partial charge on any atom is -0.478 e. The Morgan fingerprint density at radius 2 is 1.90 bits per heavy atom. The summed E-state index contributed by atoms with van der Waals surface area (Å²) in [6.45, 7) is 1.76. The van der Waals surface area contributed by atoms with Crippen LogP contribution in [0.15, 0.2) is 40.9 Å².